The zero-order valence-corrected chi connectivity index (χ0v) is 8.82. The fourth-order valence-corrected chi connectivity index (χ4v) is 1.81. The van der Waals surface area contributed by atoms with E-state index in [9.17, 15) is 4.79 Å². The summed E-state index contributed by atoms with van der Waals surface area (Å²) in [6, 6.07) is 8.03. The molecule has 0 amide bonds. The third kappa shape index (κ3) is 1.94. The van der Waals surface area contributed by atoms with Gasteiger partial charge in [0.05, 0.1) is 0 Å². The number of furan rings is 1. The first kappa shape index (κ1) is 9.97. The Morgan fingerprint density at radius 2 is 2.13 bits per heavy atom. The average Bonchev–Trinajstić information content (AvgIpc) is 2.57. The van der Waals surface area contributed by atoms with E-state index in [-0.39, 0.29) is 0 Å². The van der Waals surface area contributed by atoms with E-state index in [1.165, 1.54) is 10.9 Å². The maximum absolute atomic E-state index is 10.2. The summed E-state index contributed by atoms with van der Waals surface area (Å²) in [7, 11) is 0. The second kappa shape index (κ2) is 4.30. The van der Waals surface area contributed by atoms with E-state index in [1.807, 2.05) is 18.2 Å². The zero-order valence-electron chi connectivity index (χ0n) is 8.82. The Morgan fingerprint density at radius 1 is 1.33 bits per heavy atom. The number of benzene rings is 1. The van der Waals surface area contributed by atoms with Gasteiger partial charge in [-0.25, -0.2) is 0 Å². The standard InChI is InChI=1S/C13H14O2/c1-10-11-6-2-3-8-13(11)15-12(10)7-4-5-9-14/h2-3,6,8-9H,4-5,7H2,1H3. The van der Waals surface area contributed by atoms with Crippen LogP contribution in [0.4, 0.5) is 0 Å². The van der Waals surface area contributed by atoms with E-state index in [4.69, 9.17) is 4.42 Å². The molecule has 1 heterocycles. The molecule has 2 rings (SSSR count). The van der Waals surface area contributed by atoms with E-state index in [1.54, 1.807) is 0 Å². The van der Waals surface area contributed by atoms with Gasteiger partial charge < -0.3 is 9.21 Å². The predicted molar refractivity (Wildman–Crippen MR) is 60.0 cm³/mol. The molecule has 0 spiro atoms. The van der Waals surface area contributed by atoms with Gasteiger partial charge in [-0.15, -0.1) is 0 Å². The van der Waals surface area contributed by atoms with Crippen LogP contribution < -0.4 is 0 Å². The molecule has 15 heavy (non-hydrogen) atoms. The van der Waals surface area contributed by atoms with Crippen molar-refractivity contribution in [2.24, 2.45) is 0 Å². The van der Waals surface area contributed by atoms with E-state index in [0.29, 0.717) is 6.42 Å². The first-order chi connectivity index (χ1) is 7.33. The molecule has 1 aromatic heterocycles. The number of hydrogen-bond donors (Lipinski definition) is 0. The summed E-state index contributed by atoms with van der Waals surface area (Å²) in [6.07, 6.45) is 3.28. The van der Waals surface area contributed by atoms with Crippen molar-refractivity contribution in [1.29, 1.82) is 0 Å². The molecular formula is C13H14O2. The van der Waals surface area contributed by atoms with E-state index in [2.05, 4.69) is 13.0 Å². The minimum absolute atomic E-state index is 0.608. The molecule has 2 heteroatoms. The van der Waals surface area contributed by atoms with Crippen molar-refractivity contribution in [2.45, 2.75) is 26.2 Å². The third-order valence-corrected chi connectivity index (χ3v) is 2.67. The molecule has 2 aromatic rings. The lowest BCUT2D eigenvalue weighted by atomic mass is 10.1. The summed E-state index contributed by atoms with van der Waals surface area (Å²) in [5, 5.41) is 1.18. The van der Waals surface area contributed by atoms with Gasteiger partial charge in [-0.3, -0.25) is 0 Å². The number of rotatable bonds is 4. The Labute approximate surface area is 88.9 Å². The molecule has 0 atom stereocenters. The number of carbonyl (C=O) groups excluding carboxylic acids is 1. The first-order valence-corrected chi connectivity index (χ1v) is 5.23. The molecule has 78 valence electrons. The van der Waals surface area contributed by atoms with Crippen LogP contribution in [0.15, 0.2) is 28.7 Å². The van der Waals surface area contributed by atoms with Crippen LogP contribution in [0.5, 0.6) is 0 Å². The summed E-state index contributed by atoms with van der Waals surface area (Å²) in [4.78, 5) is 10.2. The van der Waals surface area contributed by atoms with Crippen molar-refractivity contribution in [1.82, 2.24) is 0 Å². The average molecular weight is 202 g/mol. The van der Waals surface area contributed by atoms with Crippen molar-refractivity contribution in [3.05, 3.63) is 35.6 Å². The lowest BCUT2D eigenvalue weighted by Gasteiger charge is -1.94. The van der Waals surface area contributed by atoms with Gasteiger partial charge in [0.25, 0.3) is 0 Å². The summed E-state index contributed by atoms with van der Waals surface area (Å²) < 4.78 is 5.73. The van der Waals surface area contributed by atoms with Crippen LogP contribution in [-0.2, 0) is 11.2 Å². The molecule has 0 saturated heterocycles. The van der Waals surface area contributed by atoms with Crippen LogP contribution in [0.3, 0.4) is 0 Å². The lowest BCUT2D eigenvalue weighted by molar-refractivity contribution is -0.107. The van der Waals surface area contributed by atoms with Crippen LogP contribution in [-0.4, -0.2) is 6.29 Å². The number of para-hydroxylation sites is 1. The molecule has 0 N–H and O–H groups in total. The van der Waals surface area contributed by atoms with E-state index in [0.717, 1.165) is 30.5 Å². The molecule has 0 aliphatic heterocycles. The second-order valence-corrected chi connectivity index (χ2v) is 3.71. The Bertz CT molecular complexity index is 468. The second-order valence-electron chi connectivity index (χ2n) is 3.71. The Balaban J connectivity index is 2.27. The van der Waals surface area contributed by atoms with Crippen LogP contribution in [0.25, 0.3) is 11.0 Å². The molecule has 0 aliphatic carbocycles. The van der Waals surface area contributed by atoms with Gasteiger partial charge in [0.15, 0.2) is 0 Å². The largest absolute Gasteiger partial charge is 0.461 e. The maximum Gasteiger partial charge on any atom is 0.134 e. The molecule has 0 unspecified atom stereocenters. The number of fused-ring (bicyclic) bond motifs is 1. The summed E-state index contributed by atoms with van der Waals surface area (Å²) in [5.41, 5.74) is 2.15. The number of aldehydes is 1. The van der Waals surface area contributed by atoms with Crippen molar-refractivity contribution in [3.63, 3.8) is 0 Å². The van der Waals surface area contributed by atoms with Gasteiger partial charge in [0.2, 0.25) is 0 Å². The van der Waals surface area contributed by atoms with Gasteiger partial charge in [0, 0.05) is 18.2 Å². The fraction of sp³-hybridized carbons (Fsp3) is 0.308. The number of aryl methyl sites for hydroxylation is 2. The highest BCUT2D eigenvalue weighted by Gasteiger charge is 2.08. The molecule has 0 saturated carbocycles. The SMILES string of the molecule is Cc1c(CCCC=O)oc2ccccc12. The molecule has 2 nitrogen and oxygen atoms in total. The van der Waals surface area contributed by atoms with Gasteiger partial charge in [-0.1, -0.05) is 18.2 Å². The van der Waals surface area contributed by atoms with Crippen molar-refractivity contribution in [3.8, 4) is 0 Å². The minimum atomic E-state index is 0.608. The molecule has 0 fully saturated rings. The van der Waals surface area contributed by atoms with Gasteiger partial charge in [0.1, 0.15) is 17.6 Å². The molecule has 0 aliphatic rings. The van der Waals surface area contributed by atoms with Crippen molar-refractivity contribution < 1.29 is 9.21 Å². The summed E-state index contributed by atoms with van der Waals surface area (Å²) in [5.74, 6) is 1.01. The quantitative estimate of drug-likeness (QED) is 0.562. The maximum atomic E-state index is 10.2. The monoisotopic (exact) mass is 202 g/mol. The van der Waals surface area contributed by atoms with Gasteiger partial charge in [-0.2, -0.15) is 0 Å². The molecule has 0 radical (unpaired) electrons. The number of unbranched alkanes of at least 4 members (excludes halogenated alkanes) is 1. The van der Waals surface area contributed by atoms with Crippen molar-refractivity contribution >= 4 is 17.3 Å². The molecule has 0 bridgehead atoms. The molecular weight excluding hydrogens is 188 g/mol. The smallest absolute Gasteiger partial charge is 0.134 e. The highest BCUT2D eigenvalue weighted by atomic mass is 16.3. The van der Waals surface area contributed by atoms with Crippen molar-refractivity contribution in [2.75, 3.05) is 0 Å². The summed E-state index contributed by atoms with van der Waals surface area (Å²) in [6.45, 7) is 2.07. The normalized spacial score (nSPS) is 10.7. The number of hydrogen-bond acceptors (Lipinski definition) is 2. The van der Waals surface area contributed by atoms with Crippen LogP contribution in [0.2, 0.25) is 0 Å². The minimum Gasteiger partial charge on any atom is -0.461 e. The highest BCUT2D eigenvalue weighted by molar-refractivity contribution is 5.81. The van der Waals surface area contributed by atoms with Gasteiger partial charge in [-0.05, 0) is 25.0 Å². The Morgan fingerprint density at radius 3 is 2.87 bits per heavy atom. The van der Waals surface area contributed by atoms with Crippen LogP contribution in [0.1, 0.15) is 24.2 Å². The topological polar surface area (TPSA) is 30.2 Å². The van der Waals surface area contributed by atoms with Crippen LogP contribution in [0, 0.1) is 6.92 Å². The molecule has 1 aromatic carbocycles. The third-order valence-electron chi connectivity index (χ3n) is 2.67. The Hall–Kier alpha value is -1.57. The van der Waals surface area contributed by atoms with Crippen LogP contribution >= 0.6 is 0 Å². The first-order valence-electron chi connectivity index (χ1n) is 5.23. The van der Waals surface area contributed by atoms with E-state index < -0.39 is 0 Å². The zero-order chi connectivity index (χ0) is 10.7. The number of carbonyl (C=O) groups is 1. The summed E-state index contributed by atoms with van der Waals surface area (Å²) >= 11 is 0. The van der Waals surface area contributed by atoms with Gasteiger partial charge >= 0.3 is 0 Å². The Kier molecular flexibility index (Phi) is 2.86. The highest BCUT2D eigenvalue weighted by Crippen LogP contribution is 2.25. The lowest BCUT2D eigenvalue weighted by Crippen LogP contribution is -1.85. The predicted octanol–water partition coefficient (Wildman–Crippen LogP) is 3.26. The van der Waals surface area contributed by atoms with E-state index >= 15 is 0 Å². The fourth-order valence-electron chi connectivity index (χ4n) is 1.81.